The third kappa shape index (κ3) is 7.44. The Labute approximate surface area is 209 Å². The highest BCUT2D eigenvalue weighted by Gasteiger charge is 2.31. The summed E-state index contributed by atoms with van der Waals surface area (Å²) in [6, 6.07) is 22.9. The van der Waals surface area contributed by atoms with Gasteiger partial charge in [-0.25, -0.2) is 0 Å². The van der Waals surface area contributed by atoms with Gasteiger partial charge in [0.25, 0.3) is 5.91 Å². The summed E-state index contributed by atoms with van der Waals surface area (Å²) in [5.41, 5.74) is 5.16. The standard InChI is InChI=1S/C30H36N2O3/c1-21(2)31-30(34)27(18-25-12-8-6-9-13-25)32(19-26-14-10-7-11-15-26)29(33)20-35-28-17-22(3)16-23(4)24(28)5/h6-17,21,27H,18-20H2,1-5H3,(H,31,34)/t27-/m1/s1. The number of nitrogens with zero attached hydrogens (tertiary/aromatic N) is 1. The van der Waals surface area contributed by atoms with Crippen molar-refractivity contribution in [3.05, 3.63) is 101 Å². The number of nitrogens with one attached hydrogen (secondary N) is 1. The lowest BCUT2D eigenvalue weighted by atomic mass is 10.0. The van der Waals surface area contributed by atoms with E-state index in [2.05, 4.69) is 11.4 Å². The zero-order chi connectivity index (χ0) is 25.4. The molecule has 1 atom stereocenters. The highest BCUT2D eigenvalue weighted by atomic mass is 16.5. The van der Waals surface area contributed by atoms with Crippen molar-refractivity contribution in [3.8, 4) is 5.75 Å². The van der Waals surface area contributed by atoms with Crippen molar-refractivity contribution in [1.29, 1.82) is 0 Å². The number of carbonyl (C=O) groups is 2. The number of amides is 2. The molecule has 0 saturated carbocycles. The van der Waals surface area contributed by atoms with Crippen molar-refractivity contribution in [1.82, 2.24) is 10.2 Å². The van der Waals surface area contributed by atoms with Crippen LogP contribution in [-0.4, -0.2) is 35.4 Å². The number of carbonyl (C=O) groups excluding carboxylic acids is 2. The second-order valence-corrected chi connectivity index (χ2v) is 9.37. The molecule has 3 rings (SSSR count). The molecule has 0 fully saturated rings. The van der Waals surface area contributed by atoms with Crippen LogP contribution in [0.25, 0.3) is 0 Å². The topological polar surface area (TPSA) is 58.6 Å². The normalized spacial score (nSPS) is 11.7. The maximum Gasteiger partial charge on any atom is 0.261 e. The van der Waals surface area contributed by atoms with E-state index in [0.717, 1.165) is 27.8 Å². The Hall–Kier alpha value is -3.60. The molecule has 184 valence electrons. The van der Waals surface area contributed by atoms with Gasteiger partial charge in [0.05, 0.1) is 0 Å². The Morgan fingerprint density at radius 2 is 1.49 bits per heavy atom. The van der Waals surface area contributed by atoms with Gasteiger partial charge in [0, 0.05) is 19.0 Å². The van der Waals surface area contributed by atoms with Crippen molar-refractivity contribution < 1.29 is 14.3 Å². The SMILES string of the molecule is Cc1cc(C)c(C)c(OCC(=O)N(Cc2ccccc2)[C@H](Cc2ccccc2)C(=O)NC(C)C)c1. The van der Waals surface area contributed by atoms with Crippen LogP contribution >= 0.6 is 0 Å². The van der Waals surface area contributed by atoms with E-state index in [0.29, 0.717) is 18.7 Å². The van der Waals surface area contributed by atoms with Crippen molar-refractivity contribution >= 4 is 11.8 Å². The van der Waals surface area contributed by atoms with Crippen LogP contribution in [0.5, 0.6) is 5.75 Å². The van der Waals surface area contributed by atoms with E-state index >= 15 is 0 Å². The lowest BCUT2D eigenvalue weighted by molar-refractivity contribution is -0.143. The Morgan fingerprint density at radius 3 is 2.09 bits per heavy atom. The molecule has 3 aromatic carbocycles. The molecule has 0 aliphatic heterocycles. The lowest BCUT2D eigenvalue weighted by Crippen LogP contribution is -2.52. The van der Waals surface area contributed by atoms with Crippen LogP contribution < -0.4 is 10.1 Å². The number of ether oxygens (including phenoxy) is 1. The maximum atomic E-state index is 13.6. The summed E-state index contributed by atoms with van der Waals surface area (Å²) in [4.78, 5) is 28.7. The van der Waals surface area contributed by atoms with Crippen LogP contribution in [0.3, 0.4) is 0 Å². The fourth-order valence-corrected chi connectivity index (χ4v) is 4.09. The number of rotatable bonds is 10. The van der Waals surface area contributed by atoms with E-state index in [1.54, 1.807) is 4.90 Å². The molecule has 0 aliphatic rings. The van der Waals surface area contributed by atoms with Crippen molar-refractivity contribution in [2.24, 2.45) is 0 Å². The summed E-state index contributed by atoms with van der Waals surface area (Å²) >= 11 is 0. The van der Waals surface area contributed by atoms with E-state index in [9.17, 15) is 9.59 Å². The second kappa shape index (κ2) is 12.2. The third-order valence-corrected chi connectivity index (χ3v) is 6.01. The van der Waals surface area contributed by atoms with Crippen LogP contribution in [0.15, 0.2) is 72.8 Å². The van der Waals surface area contributed by atoms with Crippen molar-refractivity contribution in [2.45, 2.75) is 59.7 Å². The van der Waals surface area contributed by atoms with Gasteiger partial charge in [0.2, 0.25) is 5.91 Å². The van der Waals surface area contributed by atoms with Gasteiger partial charge in [-0.05, 0) is 68.5 Å². The summed E-state index contributed by atoms with van der Waals surface area (Å²) in [6.45, 7) is 10.1. The Morgan fingerprint density at radius 1 is 0.886 bits per heavy atom. The first kappa shape index (κ1) is 26.0. The molecule has 0 aromatic heterocycles. The molecule has 35 heavy (non-hydrogen) atoms. The first-order valence-electron chi connectivity index (χ1n) is 12.1. The van der Waals surface area contributed by atoms with E-state index in [1.807, 2.05) is 101 Å². The number of aryl methyl sites for hydroxylation is 2. The second-order valence-electron chi connectivity index (χ2n) is 9.37. The van der Waals surface area contributed by atoms with E-state index in [4.69, 9.17) is 4.74 Å². The highest BCUT2D eigenvalue weighted by molar-refractivity contribution is 5.88. The smallest absolute Gasteiger partial charge is 0.261 e. The van der Waals surface area contributed by atoms with Gasteiger partial charge in [-0.3, -0.25) is 9.59 Å². The van der Waals surface area contributed by atoms with Gasteiger partial charge in [-0.15, -0.1) is 0 Å². The molecule has 3 aromatic rings. The van der Waals surface area contributed by atoms with Crippen molar-refractivity contribution in [3.63, 3.8) is 0 Å². The first-order valence-corrected chi connectivity index (χ1v) is 12.1. The van der Waals surface area contributed by atoms with Gasteiger partial charge in [0.15, 0.2) is 6.61 Å². The fraction of sp³-hybridized carbons (Fsp3) is 0.333. The van der Waals surface area contributed by atoms with Gasteiger partial charge in [-0.2, -0.15) is 0 Å². The Balaban J connectivity index is 1.91. The van der Waals surface area contributed by atoms with Gasteiger partial charge < -0.3 is 15.0 Å². The van der Waals surface area contributed by atoms with Crippen molar-refractivity contribution in [2.75, 3.05) is 6.61 Å². The predicted molar refractivity (Wildman–Crippen MR) is 140 cm³/mol. The zero-order valence-corrected chi connectivity index (χ0v) is 21.4. The molecule has 0 saturated heterocycles. The molecule has 0 unspecified atom stereocenters. The first-order chi connectivity index (χ1) is 16.7. The average Bonchev–Trinajstić information content (AvgIpc) is 2.83. The molecule has 0 aliphatic carbocycles. The minimum Gasteiger partial charge on any atom is -0.483 e. The summed E-state index contributed by atoms with van der Waals surface area (Å²) in [7, 11) is 0. The summed E-state index contributed by atoms with van der Waals surface area (Å²) < 4.78 is 6.02. The summed E-state index contributed by atoms with van der Waals surface area (Å²) in [6.07, 6.45) is 0.417. The summed E-state index contributed by atoms with van der Waals surface area (Å²) in [5.74, 6) is 0.296. The molecule has 0 heterocycles. The number of benzene rings is 3. The van der Waals surface area contributed by atoms with Crippen LogP contribution in [0, 0.1) is 20.8 Å². The van der Waals surface area contributed by atoms with E-state index in [-0.39, 0.29) is 24.5 Å². The molecule has 5 nitrogen and oxygen atoms in total. The third-order valence-electron chi connectivity index (χ3n) is 6.01. The molecule has 0 bridgehead atoms. The lowest BCUT2D eigenvalue weighted by Gasteiger charge is -2.32. The number of hydrogen-bond donors (Lipinski definition) is 1. The van der Waals surface area contributed by atoms with Crippen LogP contribution in [0.1, 0.15) is 41.7 Å². The Bertz CT molecular complexity index is 1130. The molecule has 2 amide bonds. The molecule has 1 N–H and O–H groups in total. The molecule has 0 radical (unpaired) electrons. The predicted octanol–water partition coefficient (Wildman–Crippen LogP) is 5.16. The average molecular weight is 473 g/mol. The Kier molecular flexibility index (Phi) is 9.07. The van der Waals surface area contributed by atoms with E-state index in [1.165, 1.54) is 0 Å². The van der Waals surface area contributed by atoms with Gasteiger partial charge >= 0.3 is 0 Å². The van der Waals surface area contributed by atoms with Gasteiger partial charge in [-0.1, -0.05) is 66.7 Å². The van der Waals surface area contributed by atoms with Crippen LogP contribution in [0.4, 0.5) is 0 Å². The zero-order valence-electron chi connectivity index (χ0n) is 21.4. The minimum absolute atomic E-state index is 0.0383. The van der Waals surface area contributed by atoms with Crippen LogP contribution in [-0.2, 0) is 22.6 Å². The molecular formula is C30H36N2O3. The van der Waals surface area contributed by atoms with Crippen LogP contribution in [0.2, 0.25) is 0 Å². The minimum atomic E-state index is -0.670. The molecular weight excluding hydrogens is 436 g/mol. The largest absolute Gasteiger partial charge is 0.483 e. The fourth-order valence-electron chi connectivity index (χ4n) is 4.09. The summed E-state index contributed by atoms with van der Waals surface area (Å²) in [5, 5.41) is 3.01. The van der Waals surface area contributed by atoms with Gasteiger partial charge in [0.1, 0.15) is 11.8 Å². The number of hydrogen-bond acceptors (Lipinski definition) is 3. The molecule has 0 spiro atoms. The molecule has 5 heteroatoms. The monoisotopic (exact) mass is 472 g/mol. The quantitative estimate of drug-likeness (QED) is 0.444. The highest BCUT2D eigenvalue weighted by Crippen LogP contribution is 2.24. The maximum absolute atomic E-state index is 13.6. The van der Waals surface area contributed by atoms with E-state index < -0.39 is 6.04 Å².